The van der Waals surface area contributed by atoms with Crippen molar-refractivity contribution in [3.63, 3.8) is 0 Å². The zero-order chi connectivity index (χ0) is 14.1. The number of nitrogens with two attached hydrogens (primary N) is 1. The highest BCUT2D eigenvalue weighted by atomic mass is 35.5. The maximum absolute atomic E-state index is 6.12. The lowest BCUT2D eigenvalue weighted by molar-refractivity contribution is 0.829. The fourth-order valence-electron chi connectivity index (χ4n) is 2.52. The van der Waals surface area contributed by atoms with Gasteiger partial charge in [0, 0.05) is 29.7 Å². The van der Waals surface area contributed by atoms with Gasteiger partial charge in [0.05, 0.1) is 5.52 Å². The van der Waals surface area contributed by atoms with Gasteiger partial charge in [0.15, 0.2) is 0 Å². The van der Waals surface area contributed by atoms with E-state index in [1.165, 1.54) is 16.5 Å². The van der Waals surface area contributed by atoms with Gasteiger partial charge in [0.2, 0.25) is 0 Å². The molecular weight excluding hydrogens is 268 g/mol. The topological polar surface area (TPSA) is 30.9 Å². The van der Waals surface area contributed by atoms with E-state index in [4.69, 9.17) is 17.3 Å². The largest absolute Gasteiger partial charge is 0.343 e. The first-order valence-corrected chi connectivity index (χ1v) is 7.08. The summed E-state index contributed by atoms with van der Waals surface area (Å²) in [5.74, 6) is 0. The van der Waals surface area contributed by atoms with E-state index in [1.807, 2.05) is 18.2 Å². The fraction of sp³-hybridized carbons (Fsp3) is 0.176. The number of hydrogen-bond acceptors (Lipinski definition) is 1. The molecule has 0 aliphatic heterocycles. The van der Waals surface area contributed by atoms with Crippen molar-refractivity contribution in [3.05, 3.63) is 70.4 Å². The summed E-state index contributed by atoms with van der Waals surface area (Å²) >= 11 is 6.12. The molecule has 2 N–H and O–H groups in total. The Morgan fingerprint density at radius 1 is 1.10 bits per heavy atom. The van der Waals surface area contributed by atoms with Gasteiger partial charge in [-0.25, -0.2) is 0 Å². The normalized spacial score (nSPS) is 11.2. The quantitative estimate of drug-likeness (QED) is 0.771. The van der Waals surface area contributed by atoms with Gasteiger partial charge in [0.25, 0.3) is 0 Å². The molecule has 0 radical (unpaired) electrons. The summed E-state index contributed by atoms with van der Waals surface area (Å²) in [6.45, 7) is 3.47. The van der Waals surface area contributed by atoms with Gasteiger partial charge in [-0.05, 0) is 30.2 Å². The van der Waals surface area contributed by atoms with Crippen LogP contribution in [-0.2, 0) is 13.1 Å². The average Bonchev–Trinajstić information content (AvgIpc) is 2.79. The van der Waals surface area contributed by atoms with Crippen molar-refractivity contribution in [2.45, 2.75) is 20.0 Å². The van der Waals surface area contributed by atoms with Crippen LogP contribution in [0.1, 0.15) is 16.7 Å². The molecule has 0 bridgehead atoms. The molecule has 20 heavy (non-hydrogen) atoms. The van der Waals surface area contributed by atoms with Crippen LogP contribution in [0.25, 0.3) is 10.9 Å². The summed E-state index contributed by atoms with van der Waals surface area (Å²) in [5.41, 5.74) is 10.7. The Morgan fingerprint density at radius 3 is 2.55 bits per heavy atom. The molecule has 0 saturated carbocycles. The lowest BCUT2D eigenvalue weighted by Crippen LogP contribution is -1.98. The van der Waals surface area contributed by atoms with E-state index in [-0.39, 0.29) is 0 Å². The van der Waals surface area contributed by atoms with E-state index in [1.54, 1.807) is 0 Å². The third-order valence-corrected chi connectivity index (χ3v) is 3.86. The molecule has 2 aromatic carbocycles. The van der Waals surface area contributed by atoms with Crippen LogP contribution < -0.4 is 5.73 Å². The SMILES string of the molecule is Cc1ccc(Cn2cc(CN)c3ccc(Cl)cc32)cc1. The van der Waals surface area contributed by atoms with E-state index in [0.717, 1.165) is 22.6 Å². The molecule has 0 aliphatic rings. The van der Waals surface area contributed by atoms with Crippen molar-refractivity contribution in [1.82, 2.24) is 4.57 Å². The third kappa shape index (κ3) is 2.45. The van der Waals surface area contributed by atoms with Gasteiger partial charge in [-0.1, -0.05) is 47.5 Å². The number of fused-ring (bicyclic) bond motifs is 1. The predicted molar refractivity (Wildman–Crippen MR) is 85.1 cm³/mol. The van der Waals surface area contributed by atoms with Crippen molar-refractivity contribution in [3.8, 4) is 0 Å². The highest BCUT2D eigenvalue weighted by Crippen LogP contribution is 2.25. The molecule has 0 spiro atoms. The first-order valence-electron chi connectivity index (χ1n) is 6.70. The zero-order valence-corrected chi connectivity index (χ0v) is 12.2. The van der Waals surface area contributed by atoms with Crippen LogP contribution >= 0.6 is 11.6 Å². The van der Waals surface area contributed by atoms with E-state index in [0.29, 0.717) is 6.54 Å². The summed E-state index contributed by atoms with van der Waals surface area (Å²) in [4.78, 5) is 0. The molecule has 3 heteroatoms. The maximum atomic E-state index is 6.12. The van der Waals surface area contributed by atoms with Crippen LogP contribution in [0.5, 0.6) is 0 Å². The second-order valence-corrected chi connectivity index (χ2v) is 5.57. The molecule has 1 aromatic heterocycles. The Balaban J connectivity index is 2.06. The fourth-order valence-corrected chi connectivity index (χ4v) is 2.69. The van der Waals surface area contributed by atoms with Crippen molar-refractivity contribution < 1.29 is 0 Å². The van der Waals surface area contributed by atoms with E-state index < -0.39 is 0 Å². The van der Waals surface area contributed by atoms with Gasteiger partial charge in [0.1, 0.15) is 0 Å². The lowest BCUT2D eigenvalue weighted by atomic mass is 10.1. The van der Waals surface area contributed by atoms with Gasteiger partial charge in [-0.15, -0.1) is 0 Å². The van der Waals surface area contributed by atoms with Gasteiger partial charge >= 0.3 is 0 Å². The van der Waals surface area contributed by atoms with Crippen LogP contribution in [0.2, 0.25) is 5.02 Å². The number of benzene rings is 2. The van der Waals surface area contributed by atoms with E-state index >= 15 is 0 Å². The molecule has 0 atom stereocenters. The second kappa shape index (κ2) is 5.31. The summed E-state index contributed by atoms with van der Waals surface area (Å²) in [7, 11) is 0. The zero-order valence-electron chi connectivity index (χ0n) is 11.4. The summed E-state index contributed by atoms with van der Waals surface area (Å²) in [6.07, 6.45) is 2.13. The van der Waals surface area contributed by atoms with Crippen LogP contribution in [0.4, 0.5) is 0 Å². The third-order valence-electron chi connectivity index (χ3n) is 3.62. The summed E-state index contributed by atoms with van der Waals surface area (Å²) in [6, 6.07) is 14.6. The average molecular weight is 285 g/mol. The Morgan fingerprint density at radius 2 is 1.85 bits per heavy atom. The Labute approximate surface area is 123 Å². The van der Waals surface area contributed by atoms with Gasteiger partial charge in [-0.3, -0.25) is 0 Å². The monoisotopic (exact) mass is 284 g/mol. The molecule has 0 unspecified atom stereocenters. The Bertz CT molecular complexity index is 742. The first-order chi connectivity index (χ1) is 9.67. The molecule has 2 nitrogen and oxygen atoms in total. The number of halogens is 1. The Kier molecular flexibility index (Phi) is 3.51. The van der Waals surface area contributed by atoms with Crippen molar-refractivity contribution in [1.29, 1.82) is 0 Å². The number of aromatic nitrogens is 1. The number of rotatable bonds is 3. The second-order valence-electron chi connectivity index (χ2n) is 5.13. The number of aryl methyl sites for hydroxylation is 1. The van der Waals surface area contributed by atoms with Crippen molar-refractivity contribution in [2.75, 3.05) is 0 Å². The number of nitrogens with zero attached hydrogens (tertiary/aromatic N) is 1. The molecule has 1 heterocycles. The maximum Gasteiger partial charge on any atom is 0.0501 e. The predicted octanol–water partition coefficient (Wildman–Crippen LogP) is 4.11. The summed E-state index contributed by atoms with van der Waals surface area (Å²) in [5, 5.41) is 1.94. The molecular formula is C17H17ClN2. The minimum Gasteiger partial charge on any atom is -0.343 e. The van der Waals surface area contributed by atoms with Gasteiger partial charge < -0.3 is 10.3 Å². The first kappa shape index (κ1) is 13.2. The highest BCUT2D eigenvalue weighted by molar-refractivity contribution is 6.31. The molecule has 0 amide bonds. The highest BCUT2D eigenvalue weighted by Gasteiger charge is 2.08. The minimum atomic E-state index is 0.541. The molecule has 0 saturated heterocycles. The minimum absolute atomic E-state index is 0.541. The van der Waals surface area contributed by atoms with Gasteiger partial charge in [-0.2, -0.15) is 0 Å². The molecule has 0 fully saturated rings. The van der Waals surface area contributed by atoms with E-state index in [9.17, 15) is 0 Å². The lowest BCUT2D eigenvalue weighted by Gasteiger charge is -2.06. The van der Waals surface area contributed by atoms with E-state index in [2.05, 4.69) is 42.0 Å². The molecule has 0 aliphatic carbocycles. The van der Waals surface area contributed by atoms with Crippen LogP contribution in [-0.4, -0.2) is 4.57 Å². The molecule has 3 aromatic rings. The van der Waals surface area contributed by atoms with Crippen molar-refractivity contribution >= 4 is 22.5 Å². The van der Waals surface area contributed by atoms with Crippen LogP contribution in [0.15, 0.2) is 48.7 Å². The molecule has 3 rings (SSSR count). The number of hydrogen-bond donors (Lipinski definition) is 1. The van der Waals surface area contributed by atoms with Crippen LogP contribution in [0, 0.1) is 6.92 Å². The smallest absolute Gasteiger partial charge is 0.0501 e. The molecule has 102 valence electrons. The van der Waals surface area contributed by atoms with Crippen molar-refractivity contribution in [2.24, 2.45) is 5.73 Å². The summed E-state index contributed by atoms with van der Waals surface area (Å²) < 4.78 is 2.22. The Hall–Kier alpha value is -1.77. The van der Waals surface area contributed by atoms with Crippen LogP contribution in [0.3, 0.4) is 0 Å². The standard InChI is InChI=1S/C17H17ClN2/c1-12-2-4-13(5-3-12)10-20-11-14(9-19)16-7-6-15(18)8-17(16)20/h2-8,11H,9-10,19H2,1H3.